The normalized spacial score (nSPS) is 11.5. The van der Waals surface area contributed by atoms with Crippen LogP contribution in [-0.2, 0) is 6.54 Å². The molecule has 33 heavy (non-hydrogen) atoms. The van der Waals surface area contributed by atoms with E-state index >= 15 is 0 Å². The SMILES string of the molecule is CCCCCCCCCCCCCCCCn1c(-c2ccc(C)cc2C)nc2ccccc21. The Labute approximate surface area is 202 Å². The minimum atomic E-state index is 1.06. The maximum atomic E-state index is 5.02. The predicted molar refractivity (Wildman–Crippen MR) is 145 cm³/mol. The maximum Gasteiger partial charge on any atom is 0.141 e. The molecule has 0 saturated carbocycles. The molecular formula is C31H46N2. The maximum absolute atomic E-state index is 5.02. The molecule has 0 atom stereocenters. The summed E-state index contributed by atoms with van der Waals surface area (Å²) in [6.07, 6.45) is 19.6. The second-order valence-electron chi connectivity index (χ2n) is 9.99. The van der Waals surface area contributed by atoms with Gasteiger partial charge in [0.1, 0.15) is 5.82 Å². The molecule has 0 unspecified atom stereocenters. The van der Waals surface area contributed by atoms with Gasteiger partial charge in [0.05, 0.1) is 11.0 Å². The van der Waals surface area contributed by atoms with Crippen LogP contribution in [0.5, 0.6) is 0 Å². The van der Waals surface area contributed by atoms with Crippen LogP contribution >= 0.6 is 0 Å². The van der Waals surface area contributed by atoms with Crippen LogP contribution in [0.3, 0.4) is 0 Å². The summed E-state index contributed by atoms with van der Waals surface area (Å²) in [5, 5.41) is 0. The van der Waals surface area contributed by atoms with Crippen molar-refractivity contribution in [2.24, 2.45) is 0 Å². The summed E-state index contributed by atoms with van der Waals surface area (Å²) in [4.78, 5) is 5.02. The molecule has 180 valence electrons. The first-order valence-corrected chi connectivity index (χ1v) is 13.7. The van der Waals surface area contributed by atoms with Crippen molar-refractivity contribution < 1.29 is 0 Å². The molecule has 1 aromatic heterocycles. The Hall–Kier alpha value is -2.09. The molecule has 0 amide bonds. The van der Waals surface area contributed by atoms with Crippen LogP contribution in [0.4, 0.5) is 0 Å². The van der Waals surface area contributed by atoms with Gasteiger partial charge in [-0.1, -0.05) is 126 Å². The number of benzene rings is 2. The van der Waals surface area contributed by atoms with Gasteiger partial charge in [0.25, 0.3) is 0 Å². The van der Waals surface area contributed by atoms with Crippen molar-refractivity contribution in [3.8, 4) is 11.4 Å². The Balaban J connectivity index is 1.39. The molecule has 0 bridgehead atoms. The molecule has 0 spiro atoms. The Morgan fingerprint density at radius 2 is 1.24 bits per heavy atom. The summed E-state index contributed by atoms with van der Waals surface area (Å²) < 4.78 is 2.45. The second kappa shape index (κ2) is 14.2. The third-order valence-corrected chi connectivity index (χ3v) is 7.01. The number of para-hydroxylation sites is 2. The Kier molecular flexibility index (Phi) is 11.0. The van der Waals surface area contributed by atoms with Gasteiger partial charge in [0.2, 0.25) is 0 Å². The van der Waals surface area contributed by atoms with Crippen molar-refractivity contribution in [3.63, 3.8) is 0 Å². The van der Waals surface area contributed by atoms with E-state index in [0.29, 0.717) is 0 Å². The standard InChI is InChI=1S/C31H46N2/c1-4-5-6-7-8-9-10-11-12-13-14-15-16-19-24-33-30-21-18-17-20-29(30)32-31(33)28-23-22-26(2)25-27(28)3/h17-18,20-23,25H,4-16,19,24H2,1-3H3. The average Bonchev–Trinajstić information content (AvgIpc) is 3.17. The molecule has 2 heteroatoms. The minimum Gasteiger partial charge on any atom is -0.324 e. The van der Waals surface area contributed by atoms with E-state index in [4.69, 9.17) is 4.98 Å². The molecule has 0 saturated heterocycles. The Morgan fingerprint density at radius 3 is 1.85 bits per heavy atom. The predicted octanol–water partition coefficient (Wildman–Crippen LogP) is 9.80. The van der Waals surface area contributed by atoms with Crippen LogP contribution in [0.25, 0.3) is 22.4 Å². The highest BCUT2D eigenvalue weighted by atomic mass is 15.1. The van der Waals surface area contributed by atoms with Crippen molar-refractivity contribution in [1.29, 1.82) is 0 Å². The van der Waals surface area contributed by atoms with E-state index in [0.717, 1.165) is 17.9 Å². The van der Waals surface area contributed by atoms with E-state index in [1.165, 1.54) is 112 Å². The summed E-state index contributed by atoms with van der Waals surface area (Å²) in [6.45, 7) is 7.72. The molecule has 0 aliphatic heterocycles. The highest BCUT2D eigenvalue weighted by Crippen LogP contribution is 2.28. The monoisotopic (exact) mass is 446 g/mol. The van der Waals surface area contributed by atoms with Crippen LogP contribution in [0.2, 0.25) is 0 Å². The van der Waals surface area contributed by atoms with Crippen LogP contribution in [-0.4, -0.2) is 9.55 Å². The molecule has 2 nitrogen and oxygen atoms in total. The fourth-order valence-corrected chi connectivity index (χ4v) is 5.04. The number of aromatic nitrogens is 2. The van der Waals surface area contributed by atoms with E-state index < -0.39 is 0 Å². The fraction of sp³-hybridized carbons (Fsp3) is 0.581. The molecule has 0 aliphatic rings. The van der Waals surface area contributed by atoms with Crippen molar-refractivity contribution in [3.05, 3.63) is 53.6 Å². The van der Waals surface area contributed by atoms with Gasteiger partial charge in [-0.05, 0) is 38.0 Å². The zero-order valence-electron chi connectivity index (χ0n) is 21.5. The summed E-state index contributed by atoms with van der Waals surface area (Å²) in [6, 6.07) is 15.3. The Morgan fingerprint density at radius 1 is 0.667 bits per heavy atom. The topological polar surface area (TPSA) is 17.8 Å². The molecule has 3 rings (SSSR count). The Bertz CT molecular complexity index is 953. The van der Waals surface area contributed by atoms with Gasteiger partial charge in [-0.25, -0.2) is 4.98 Å². The number of fused-ring (bicyclic) bond motifs is 1. The number of nitrogens with zero attached hydrogens (tertiary/aromatic N) is 2. The summed E-state index contributed by atoms with van der Waals surface area (Å²) in [7, 11) is 0. The van der Waals surface area contributed by atoms with Crippen LogP contribution in [0.1, 0.15) is 108 Å². The van der Waals surface area contributed by atoms with E-state index in [1.54, 1.807) is 0 Å². The van der Waals surface area contributed by atoms with Crippen molar-refractivity contribution in [2.45, 2.75) is 117 Å². The molecule has 0 N–H and O–H groups in total. The van der Waals surface area contributed by atoms with Gasteiger partial charge in [0, 0.05) is 12.1 Å². The first-order chi connectivity index (χ1) is 16.2. The van der Waals surface area contributed by atoms with E-state index in [2.05, 4.69) is 67.8 Å². The fourth-order valence-electron chi connectivity index (χ4n) is 5.04. The van der Waals surface area contributed by atoms with Crippen molar-refractivity contribution >= 4 is 11.0 Å². The summed E-state index contributed by atoms with van der Waals surface area (Å²) >= 11 is 0. The number of unbranched alkanes of at least 4 members (excludes halogenated alkanes) is 13. The van der Waals surface area contributed by atoms with Crippen LogP contribution in [0, 0.1) is 13.8 Å². The molecule has 0 aliphatic carbocycles. The van der Waals surface area contributed by atoms with Gasteiger partial charge in [0.15, 0.2) is 0 Å². The number of aryl methyl sites for hydroxylation is 3. The smallest absolute Gasteiger partial charge is 0.141 e. The lowest BCUT2D eigenvalue weighted by atomic mass is 10.0. The van der Waals surface area contributed by atoms with Gasteiger partial charge in [-0.2, -0.15) is 0 Å². The largest absolute Gasteiger partial charge is 0.324 e. The number of hydrogen-bond donors (Lipinski definition) is 0. The number of rotatable bonds is 16. The minimum absolute atomic E-state index is 1.06. The van der Waals surface area contributed by atoms with Crippen LogP contribution < -0.4 is 0 Å². The van der Waals surface area contributed by atoms with Gasteiger partial charge in [-0.15, -0.1) is 0 Å². The lowest BCUT2D eigenvalue weighted by Crippen LogP contribution is -2.02. The van der Waals surface area contributed by atoms with Crippen LogP contribution in [0.15, 0.2) is 42.5 Å². The zero-order chi connectivity index (χ0) is 23.3. The quantitative estimate of drug-likeness (QED) is 0.200. The summed E-state index contributed by atoms with van der Waals surface area (Å²) in [5.41, 5.74) is 6.26. The lowest BCUT2D eigenvalue weighted by Gasteiger charge is -2.12. The lowest BCUT2D eigenvalue weighted by molar-refractivity contribution is 0.526. The summed E-state index contributed by atoms with van der Waals surface area (Å²) in [5.74, 6) is 1.13. The van der Waals surface area contributed by atoms with Crippen molar-refractivity contribution in [2.75, 3.05) is 0 Å². The van der Waals surface area contributed by atoms with Crippen molar-refractivity contribution in [1.82, 2.24) is 9.55 Å². The van der Waals surface area contributed by atoms with E-state index in [1.807, 2.05) is 0 Å². The second-order valence-corrected chi connectivity index (χ2v) is 9.99. The van der Waals surface area contributed by atoms with Gasteiger partial charge < -0.3 is 4.57 Å². The van der Waals surface area contributed by atoms with Gasteiger partial charge in [-0.3, -0.25) is 0 Å². The zero-order valence-corrected chi connectivity index (χ0v) is 21.5. The molecule has 0 radical (unpaired) electrons. The highest BCUT2D eigenvalue weighted by Gasteiger charge is 2.14. The third-order valence-electron chi connectivity index (χ3n) is 7.01. The third kappa shape index (κ3) is 8.02. The van der Waals surface area contributed by atoms with E-state index in [-0.39, 0.29) is 0 Å². The first-order valence-electron chi connectivity index (χ1n) is 13.7. The molecule has 1 heterocycles. The molecule has 0 fully saturated rings. The first kappa shape index (κ1) is 25.5. The highest BCUT2D eigenvalue weighted by molar-refractivity contribution is 5.81. The molecular weight excluding hydrogens is 400 g/mol. The number of hydrogen-bond acceptors (Lipinski definition) is 1. The molecule has 3 aromatic rings. The van der Waals surface area contributed by atoms with E-state index in [9.17, 15) is 0 Å². The molecule has 2 aromatic carbocycles. The average molecular weight is 447 g/mol. The number of imidazole rings is 1. The van der Waals surface area contributed by atoms with Gasteiger partial charge >= 0.3 is 0 Å².